The first kappa shape index (κ1) is 13.6. The van der Waals surface area contributed by atoms with Crippen molar-refractivity contribution in [1.29, 1.82) is 0 Å². The molecule has 0 bridgehead atoms. The van der Waals surface area contributed by atoms with Gasteiger partial charge in [-0.15, -0.1) is 0 Å². The molecule has 0 aliphatic heterocycles. The molecule has 0 saturated carbocycles. The van der Waals surface area contributed by atoms with Crippen LogP contribution in [0, 0.1) is 0 Å². The highest BCUT2D eigenvalue weighted by atomic mass is 32.1. The van der Waals surface area contributed by atoms with E-state index in [-0.39, 0.29) is 0 Å². The third-order valence-corrected chi connectivity index (χ3v) is 3.04. The lowest BCUT2D eigenvalue weighted by atomic mass is 9.91. The Morgan fingerprint density at radius 1 is 1.41 bits per heavy atom. The van der Waals surface area contributed by atoms with Gasteiger partial charge in [0, 0.05) is 11.3 Å². The van der Waals surface area contributed by atoms with Crippen molar-refractivity contribution in [1.82, 2.24) is 0 Å². The summed E-state index contributed by atoms with van der Waals surface area (Å²) < 4.78 is 0. The van der Waals surface area contributed by atoms with Crippen LogP contribution in [0.25, 0.3) is 0 Å². The van der Waals surface area contributed by atoms with E-state index < -0.39 is 0 Å². The van der Waals surface area contributed by atoms with Gasteiger partial charge < -0.3 is 0 Å². The maximum absolute atomic E-state index is 4.96. The Hall–Kier alpha value is -1.47. The van der Waals surface area contributed by atoms with Gasteiger partial charge in [0.05, 0.1) is 0 Å². The number of thiocarbonyl (C=S) groups is 1. The Balaban J connectivity index is 3.04. The second kappa shape index (κ2) is 6.97. The molecule has 1 heteroatoms. The first-order valence-corrected chi connectivity index (χ1v) is 6.20. The van der Waals surface area contributed by atoms with Crippen LogP contribution in [0.5, 0.6) is 0 Å². The van der Waals surface area contributed by atoms with Crippen molar-refractivity contribution >= 4 is 17.6 Å². The van der Waals surface area contributed by atoms with Gasteiger partial charge in [-0.1, -0.05) is 74.3 Å². The molecule has 0 fully saturated rings. The molecule has 1 rings (SSSR count). The molecule has 1 aromatic rings. The van der Waals surface area contributed by atoms with Gasteiger partial charge in [-0.05, 0) is 23.6 Å². The molecule has 0 amide bonds. The second-order valence-corrected chi connectivity index (χ2v) is 4.14. The molecule has 0 aliphatic rings. The molecule has 0 spiro atoms. The van der Waals surface area contributed by atoms with Crippen molar-refractivity contribution in [2.45, 2.75) is 19.8 Å². The van der Waals surface area contributed by atoms with E-state index in [1.165, 1.54) is 11.1 Å². The molecule has 1 unspecified atom stereocenters. The molecule has 0 N–H and O–H groups in total. The largest absolute Gasteiger partial charge is 0.0988 e. The highest BCUT2D eigenvalue weighted by molar-refractivity contribution is 7.79. The number of hydrogen-bond donors (Lipinski definition) is 0. The van der Waals surface area contributed by atoms with Gasteiger partial charge in [-0.2, -0.15) is 0 Å². The van der Waals surface area contributed by atoms with Crippen LogP contribution in [-0.2, 0) is 0 Å². The van der Waals surface area contributed by atoms with Gasteiger partial charge in [0.25, 0.3) is 0 Å². The Bertz CT molecular complexity index is 452. The Morgan fingerprint density at radius 3 is 2.76 bits per heavy atom. The van der Waals surface area contributed by atoms with Gasteiger partial charge in [0.2, 0.25) is 0 Å². The predicted molar refractivity (Wildman–Crippen MR) is 80.7 cm³/mol. The fourth-order valence-electron chi connectivity index (χ4n) is 1.69. The van der Waals surface area contributed by atoms with Gasteiger partial charge in [-0.25, -0.2) is 0 Å². The highest BCUT2D eigenvalue weighted by Crippen LogP contribution is 2.25. The average Bonchev–Trinajstić information content (AvgIpc) is 2.39. The van der Waals surface area contributed by atoms with Crippen LogP contribution in [0.2, 0.25) is 0 Å². The maximum atomic E-state index is 4.96. The minimum Gasteiger partial charge on any atom is -0.0988 e. The maximum Gasteiger partial charge on any atom is 0.00862 e. The summed E-state index contributed by atoms with van der Waals surface area (Å²) in [6.07, 6.45) is 8.07. The summed E-state index contributed by atoms with van der Waals surface area (Å²) in [6.45, 7) is 8.06. The first-order chi connectivity index (χ1) is 8.22. The summed E-state index contributed by atoms with van der Waals surface area (Å²) in [5, 5.41) is 1.71. The molecule has 0 aromatic heterocycles. The summed E-state index contributed by atoms with van der Waals surface area (Å²) in [5.41, 5.74) is 3.56. The summed E-state index contributed by atoms with van der Waals surface area (Å²) in [5.74, 6) is 0.332. The smallest absolute Gasteiger partial charge is 0.00862 e. The van der Waals surface area contributed by atoms with Crippen molar-refractivity contribution in [2.75, 3.05) is 0 Å². The molecule has 0 radical (unpaired) electrons. The first-order valence-electron chi connectivity index (χ1n) is 5.73. The summed E-state index contributed by atoms with van der Waals surface area (Å²) in [6, 6.07) is 8.32. The quantitative estimate of drug-likeness (QED) is 0.526. The molecule has 0 nitrogen and oxygen atoms in total. The molecular formula is C16H18S. The SMILES string of the molecule is C=C/C(=C\C=C/C)C(C)c1cccc(C=S)c1. The Morgan fingerprint density at radius 2 is 2.18 bits per heavy atom. The van der Waals surface area contributed by atoms with E-state index in [1.54, 1.807) is 5.37 Å². The van der Waals surface area contributed by atoms with Crippen molar-refractivity contribution in [3.8, 4) is 0 Å². The van der Waals surface area contributed by atoms with E-state index in [0.717, 1.165) is 5.56 Å². The molecule has 0 heterocycles. The molecule has 1 aromatic carbocycles. The molecule has 17 heavy (non-hydrogen) atoms. The zero-order valence-corrected chi connectivity index (χ0v) is 11.2. The zero-order chi connectivity index (χ0) is 12.7. The van der Waals surface area contributed by atoms with E-state index in [0.29, 0.717) is 5.92 Å². The third-order valence-electron chi connectivity index (χ3n) is 2.76. The van der Waals surface area contributed by atoms with Crippen LogP contribution < -0.4 is 0 Å². The second-order valence-electron chi connectivity index (χ2n) is 3.91. The van der Waals surface area contributed by atoms with Crippen LogP contribution in [0.3, 0.4) is 0 Å². The third kappa shape index (κ3) is 3.79. The fraction of sp³-hybridized carbons (Fsp3) is 0.188. The highest BCUT2D eigenvalue weighted by Gasteiger charge is 2.08. The van der Waals surface area contributed by atoms with Crippen molar-refractivity contribution in [3.63, 3.8) is 0 Å². The van der Waals surface area contributed by atoms with Crippen molar-refractivity contribution < 1.29 is 0 Å². The summed E-state index contributed by atoms with van der Waals surface area (Å²) in [7, 11) is 0. The number of benzene rings is 1. The molecular weight excluding hydrogens is 224 g/mol. The van der Waals surface area contributed by atoms with Crippen LogP contribution in [0.15, 0.2) is 60.7 Å². The number of hydrogen-bond acceptors (Lipinski definition) is 1. The van der Waals surface area contributed by atoms with Crippen molar-refractivity contribution in [3.05, 3.63) is 71.8 Å². The normalized spacial score (nSPS) is 13.6. The summed E-state index contributed by atoms with van der Waals surface area (Å²) >= 11 is 4.96. The van der Waals surface area contributed by atoms with Gasteiger partial charge in [-0.3, -0.25) is 0 Å². The van der Waals surface area contributed by atoms with Crippen molar-refractivity contribution in [2.24, 2.45) is 0 Å². The van der Waals surface area contributed by atoms with Crippen LogP contribution in [-0.4, -0.2) is 5.37 Å². The van der Waals surface area contributed by atoms with E-state index in [4.69, 9.17) is 12.2 Å². The van der Waals surface area contributed by atoms with Gasteiger partial charge in [0.1, 0.15) is 0 Å². The lowest BCUT2D eigenvalue weighted by molar-refractivity contribution is 0.922. The van der Waals surface area contributed by atoms with Gasteiger partial charge in [0.15, 0.2) is 0 Å². The van der Waals surface area contributed by atoms with Crippen LogP contribution >= 0.6 is 12.2 Å². The molecule has 0 aliphatic carbocycles. The molecule has 88 valence electrons. The zero-order valence-electron chi connectivity index (χ0n) is 10.4. The van der Waals surface area contributed by atoms with E-state index >= 15 is 0 Å². The topological polar surface area (TPSA) is 0 Å². The number of allylic oxidation sites excluding steroid dienone is 5. The molecule has 1 atom stereocenters. The Kier molecular flexibility index (Phi) is 5.58. The van der Waals surface area contributed by atoms with E-state index in [2.05, 4.69) is 31.7 Å². The lowest BCUT2D eigenvalue weighted by Gasteiger charge is -2.13. The average molecular weight is 242 g/mol. The minimum atomic E-state index is 0.332. The minimum absolute atomic E-state index is 0.332. The fourth-order valence-corrected chi connectivity index (χ4v) is 1.84. The van der Waals surface area contributed by atoms with E-state index in [9.17, 15) is 0 Å². The van der Waals surface area contributed by atoms with E-state index in [1.807, 2.05) is 37.3 Å². The molecule has 0 saturated heterocycles. The number of rotatable bonds is 5. The van der Waals surface area contributed by atoms with Crippen LogP contribution in [0.1, 0.15) is 30.9 Å². The lowest BCUT2D eigenvalue weighted by Crippen LogP contribution is -1.96. The summed E-state index contributed by atoms with van der Waals surface area (Å²) in [4.78, 5) is 0. The predicted octanol–water partition coefficient (Wildman–Crippen LogP) is 4.83. The standard InChI is InChI=1S/C16H18S/c1-4-6-9-15(5-2)13(3)16-10-7-8-14(11-16)12-17/h4-13H,2H2,1,3H3/b6-4-,15-9+. The monoisotopic (exact) mass is 242 g/mol. The van der Waals surface area contributed by atoms with Gasteiger partial charge >= 0.3 is 0 Å². The Labute approximate surface area is 109 Å². The van der Waals surface area contributed by atoms with Crippen LogP contribution in [0.4, 0.5) is 0 Å².